The zero-order valence-electron chi connectivity index (χ0n) is 11.0. The van der Waals surface area contributed by atoms with Crippen molar-refractivity contribution in [1.29, 1.82) is 0 Å². The number of aryl methyl sites for hydroxylation is 1. The number of nitrogens with zero attached hydrogens (tertiary/aromatic N) is 2. The summed E-state index contributed by atoms with van der Waals surface area (Å²) in [5.74, 6) is 0.853. The topological polar surface area (TPSA) is 39.1 Å². The third-order valence-electron chi connectivity index (χ3n) is 3.06. The minimum Gasteiger partial charge on any atom is -0.493 e. The molecule has 0 aliphatic rings. The molecular weight excluding hydrogens is 246 g/mol. The molecule has 0 saturated carbocycles. The van der Waals surface area contributed by atoms with Crippen LogP contribution < -0.4 is 10.1 Å². The monoisotopic (exact) mass is 265 g/mol. The molecule has 2 aromatic rings. The van der Waals surface area contributed by atoms with E-state index in [0.717, 1.165) is 24.4 Å². The van der Waals surface area contributed by atoms with Crippen LogP contribution in [0.2, 0.25) is 0 Å². The van der Waals surface area contributed by atoms with Gasteiger partial charge in [-0.2, -0.15) is 16.4 Å². The SMILES string of the molecule is CCn1ncc(OC)c1C(Cc1ccsc1)NC. The zero-order chi connectivity index (χ0) is 13.0. The lowest BCUT2D eigenvalue weighted by molar-refractivity contribution is 0.394. The fourth-order valence-electron chi connectivity index (χ4n) is 2.12. The molecule has 0 aromatic carbocycles. The molecule has 2 rings (SSSR count). The normalized spacial score (nSPS) is 12.6. The van der Waals surface area contributed by atoms with E-state index < -0.39 is 0 Å². The summed E-state index contributed by atoms with van der Waals surface area (Å²) in [7, 11) is 3.67. The van der Waals surface area contributed by atoms with E-state index in [1.54, 1.807) is 24.6 Å². The fourth-order valence-corrected chi connectivity index (χ4v) is 2.80. The number of hydrogen-bond donors (Lipinski definition) is 1. The van der Waals surface area contributed by atoms with Gasteiger partial charge in [0.15, 0.2) is 5.75 Å². The van der Waals surface area contributed by atoms with Crippen LogP contribution in [0.3, 0.4) is 0 Å². The summed E-state index contributed by atoms with van der Waals surface area (Å²) in [6.45, 7) is 2.94. The van der Waals surface area contributed by atoms with Gasteiger partial charge in [0.2, 0.25) is 0 Å². The molecule has 0 aliphatic heterocycles. The number of rotatable bonds is 6. The standard InChI is InChI=1S/C13H19N3OS/c1-4-16-13(12(17-3)8-15-16)11(14-2)7-10-5-6-18-9-10/h5-6,8-9,11,14H,4,7H2,1-3H3. The van der Waals surface area contributed by atoms with Crippen molar-refractivity contribution in [3.63, 3.8) is 0 Å². The van der Waals surface area contributed by atoms with E-state index in [0.29, 0.717) is 0 Å². The lowest BCUT2D eigenvalue weighted by Gasteiger charge is -2.18. The van der Waals surface area contributed by atoms with Gasteiger partial charge in [0, 0.05) is 6.54 Å². The van der Waals surface area contributed by atoms with Gasteiger partial charge in [-0.3, -0.25) is 4.68 Å². The van der Waals surface area contributed by atoms with Crippen molar-refractivity contribution in [1.82, 2.24) is 15.1 Å². The van der Waals surface area contributed by atoms with Gasteiger partial charge in [-0.1, -0.05) is 0 Å². The summed E-state index contributed by atoms with van der Waals surface area (Å²) in [5.41, 5.74) is 2.46. The highest BCUT2D eigenvalue weighted by Gasteiger charge is 2.20. The number of hydrogen-bond acceptors (Lipinski definition) is 4. The molecule has 1 unspecified atom stereocenters. The average molecular weight is 265 g/mol. The van der Waals surface area contributed by atoms with Crippen LogP contribution in [-0.4, -0.2) is 23.9 Å². The third kappa shape index (κ3) is 2.57. The van der Waals surface area contributed by atoms with E-state index in [1.165, 1.54) is 5.56 Å². The zero-order valence-corrected chi connectivity index (χ0v) is 11.8. The molecule has 0 spiro atoms. The lowest BCUT2D eigenvalue weighted by Crippen LogP contribution is -2.22. The maximum atomic E-state index is 5.41. The molecule has 2 heterocycles. The molecule has 0 bridgehead atoms. The van der Waals surface area contributed by atoms with E-state index >= 15 is 0 Å². The quantitative estimate of drug-likeness (QED) is 0.872. The van der Waals surface area contributed by atoms with Gasteiger partial charge in [-0.15, -0.1) is 0 Å². The molecule has 0 saturated heterocycles. The van der Waals surface area contributed by atoms with Gasteiger partial charge in [0.1, 0.15) is 0 Å². The van der Waals surface area contributed by atoms with Crippen LogP contribution in [0.15, 0.2) is 23.0 Å². The lowest BCUT2D eigenvalue weighted by atomic mass is 10.1. The highest BCUT2D eigenvalue weighted by atomic mass is 32.1. The summed E-state index contributed by atoms with van der Waals surface area (Å²) >= 11 is 1.73. The van der Waals surface area contributed by atoms with Gasteiger partial charge < -0.3 is 10.1 Å². The Labute approximate surface area is 112 Å². The first-order valence-corrected chi connectivity index (χ1v) is 7.02. The first kappa shape index (κ1) is 13.1. The van der Waals surface area contributed by atoms with Gasteiger partial charge in [-0.25, -0.2) is 0 Å². The van der Waals surface area contributed by atoms with Crippen molar-refractivity contribution in [2.75, 3.05) is 14.2 Å². The van der Waals surface area contributed by atoms with E-state index in [2.05, 4.69) is 34.2 Å². The molecule has 4 nitrogen and oxygen atoms in total. The number of aromatic nitrogens is 2. The predicted molar refractivity (Wildman–Crippen MR) is 74.3 cm³/mol. The van der Waals surface area contributed by atoms with Crippen LogP contribution in [0.5, 0.6) is 5.75 Å². The van der Waals surface area contributed by atoms with Crippen LogP contribution in [-0.2, 0) is 13.0 Å². The summed E-state index contributed by atoms with van der Waals surface area (Å²) in [6, 6.07) is 2.38. The van der Waals surface area contributed by atoms with Gasteiger partial charge in [-0.05, 0) is 42.8 Å². The number of thiophene rings is 1. The van der Waals surface area contributed by atoms with E-state index in [9.17, 15) is 0 Å². The van der Waals surface area contributed by atoms with Gasteiger partial charge in [0.25, 0.3) is 0 Å². The fraction of sp³-hybridized carbons (Fsp3) is 0.462. The Balaban J connectivity index is 2.28. The summed E-state index contributed by atoms with van der Waals surface area (Å²) in [5, 5.41) is 12.0. The minimum atomic E-state index is 0.219. The number of nitrogens with one attached hydrogen (secondary N) is 1. The Morgan fingerprint density at radius 3 is 2.94 bits per heavy atom. The molecule has 0 radical (unpaired) electrons. The van der Waals surface area contributed by atoms with Crippen LogP contribution in [0.1, 0.15) is 24.2 Å². The van der Waals surface area contributed by atoms with Crippen LogP contribution in [0.25, 0.3) is 0 Å². The average Bonchev–Trinajstić information content (AvgIpc) is 3.04. The Morgan fingerprint density at radius 1 is 1.56 bits per heavy atom. The molecule has 18 heavy (non-hydrogen) atoms. The van der Waals surface area contributed by atoms with E-state index in [1.807, 2.05) is 11.7 Å². The van der Waals surface area contributed by atoms with Crippen molar-refractivity contribution in [3.05, 3.63) is 34.3 Å². The molecule has 5 heteroatoms. The van der Waals surface area contributed by atoms with E-state index in [4.69, 9.17) is 4.74 Å². The minimum absolute atomic E-state index is 0.219. The first-order valence-electron chi connectivity index (χ1n) is 6.08. The van der Waals surface area contributed by atoms with Crippen molar-refractivity contribution in [2.45, 2.75) is 25.9 Å². The second kappa shape index (κ2) is 6.02. The Bertz CT molecular complexity index is 457. The predicted octanol–water partition coefficient (Wildman–Crippen LogP) is 2.48. The first-order chi connectivity index (χ1) is 8.80. The Hall–Kier alpha value is -1.33. The molecule has 2 aromatic heterocycles. The van der Waals surface area contributed by atoms with Crippen LogP contribution >= 0.6 is 11.3 Å². The molecule has 1 N–H and O–H groups in total. The third-order valence-corrected chi connectivity index (χ3v) is 3.79. The largest absolute Gasteiger partial charge is 0.493 e. The second-order valence-electron chi connectivity index (χ2n) is 4.09. The molecule has 0 amide bonds. The number of methoxy groups -OCH3 is 1. The molecule has 0 aliphatic carbocycles. The Kier molecular flexibility index (Phi) is 4.38. The maximum absolute atomic E-state index is 5.41. The van der Waals surface area contributed by atoms with Gasteiger partial charge in [0.05, 0.1) is 25.0 Å². The van der Waals surface area contributed by atoms with Crippen molar-refractivity contribution >= 4 is 11.3 Å². The van der Waals surface area contributed by atoms with Crippen molar-refractivity contribution in [3.8, 4) is 5.75 Å². The molecule has 98 valence electrons. The second-order valence-corrected chi connectivity index (χ2v) is 4.87. The number of ether oxygens (including phenoxy) is 1. The van der Waals surface area contributed by atoms with Gasteiger partial charge >= 0.3 is 0 Å². The maximum Gasteiger partial charge on any atom is 0.161 e. The highest BCUT2D eigenvalue weighted by Crippen LogP contribution is 2.27. The van der Waals surface area contributed by atoms with Crippen molar-refractivity contribution < 1.29 is 4.74 Å². The molecule has 1 atom stereocenters. The molecular formula is C13H19N3OS. The highest BCUT2D eigenvalue weighted by molar-refractivity contribution is 7.07. The number of likely N-dealkylation sites (N-methyl/N-ethyl adjacent to an activating group) is 1. The summed E-state index contributed by atoms with van der Waals surface area (Å²) < 4.78 is 7.40. The smallest absolute Gasteiger partial charge is 0.161 e. The van der Waals surface area contributed by atoms with Crippen LogP contribution in [0, 0.1) is 0 Å². The molecule has 0 fully saturated rings. The summed E-state index contributed by atoms with van der Waals surface area (Å²) in [6.07, 6.45) is 2.73. The van der Waals surface area contributed by atoms with Crippen molar-refractivity contribution in [2.24, 2.45) is 0 Å². The van der Waals surface area contributed by atoms with Crippen LogP contribution in [0.4, 0.5) is 0 Å². The summed E-state index contributed by atoms with van der Waals surface area (Å²) in [4.78, 5) is 0. The van der Waals surface area contributed by atoms with E-state index in [-0.39, 0.29) is 6.04 Å². The Morgan fingerprint density at radius 2 is 2.39 bits per heavy atom.